The molecule has 1 aromatic rings. The fourth-order valence-electron chi connectivity index (χ4n) is 1.34. The lowest BCUT2D eigenvalue weighted by molar-refractivity contribution is -0.0152. The van der Waals surface area contributed by atoms with Crippen LogP contribution in [0.5, 0.6) is 0 Å². The summed E-state index contributed by atoms with van der Waals surface area (Å²) in [4.78, 5) is 0. The van der Waals surface area contributed by atoms with Gasteiger partial charge in [-0.1, -0.05) is 0 Å². The van der Waals surface area contributed by atoms with Crippen LogP contribution in [0.15, 0.2) is 18.2 Å². The standard InChI is InChI=1S/C12H18F2N2O/c1-12(2,3)17-7-11(16-15)9-6-8(13)4-5-10(9)14/h4-6,11,16H,7,15H2,1-3H3. The van der Waals surface area contributed by atoms with Crippen LogP contribution in [0.2, 0.25) is 0 Å². The molecule has 17 heavy (non-hydrogen) atoms. The molecule has 3 nitrogen and oxygen atoms in total. The van der Waals surface area contributed by atoms with Gasteiger partial charge in [-0.15, -0.1) is 0 Å². The molecule has 0 saturated carbocycles. The molecule has 0 bridgehead atoms. The SMILES string of the molecule is CC(C)(C)OCC(NN)c1cc(F)ccc1F. The van der Waals surface area contributed by atoms with Gasteiger partial charge in [0.25, 0.3) is 0 Å². The second kappa shape index (κ2) is 5.53. The second-order valence-corrected chi connectivity index (χ2v) is 4.81. The maximum Gasteiger partial charge on any atom is 0.128 e. The molecule has 0 aliphatic heterocycles. The fourth-order valence-corrected chi connectivity index (χ4v) is 1.34. The summed E-state index contributed by atoms with van der Waals surface area (Å²) in [6, 6.07) is 2.68. The van der Waals surface area contributed by atoms with Crippen molar-refractivity contribution in [3.63, 3.8) is 0 Å². The van der Waals surface area contributed by atoms with Crippen LogP contribution < -0.4 is 11.3 Å². The second-order valence-electron chi connectivity index (χ2n) is 4.81. The van der Waals surface area contributed by atoms with Gasteiger partial charge in [0.1, 0.15) is 11.6 Å². The average Bonchev–Trinajstić information content (AvgIpc) is 2.22. The Bertz CT molecular complexity index is 377. The lowest BCUT2D eigenvalue weighted by Gasteiger charge is -2.24. The third kappa shape index (κ3) is 4.38. The predicted octanol–water partition coefficient (Wildman–Crippen LogP) is 2.28. The average molecular weight is 244 g/mol. The van der Waals surface area contributed by atoms with E-state index in [4.69, 9.17) is 10.6 Å². The van der Waals surface area contributed by atoms with Gasteiger partial charge in [0, 0.05) is 5.56 Å². The summed E-state index contributed by atoms with van der Waals surface area (Å²) in [6.45, 7) is 5.80. The van der Waals surface area contributed by atoms with Crippen LogP contribution >= 0.6 is 0 Å². The first-order valence-corrected chi connectivity index (χ1v) is 5.38. The quantitative estimate of drug-likeness (QED) is 0.631. The molecule has 96 valence electrons. The van der Waals surface area contributed by atoms with E-state index in [1.54, 1.807) is 0 Å². The maximum absolute atomic E-state index is 13.5. The number of benzene rings is 1. The van der Waals surface area contributed by atoms with E-state index in [0.717, 1.165) is 18.2 Å². The normalized spacial score (nSPS) is 13.8. The maximum atomic E-state index is 13.5. The third-order valence-corrected chi connectivity index (χ3v) is 2.22. The molecular formula is C12H18F2N2O. The minimum Gasteiger partial charge on any atom is -0.374 e. The predicted molar refractivity (Wildman–Crippen MR) is 62.1 cm³/mol. The molecule has 0 aliphatic rings. The minimum atomic E-state index is -0.579. The van der Waals surface area contributed by atoms with Crippen molar-refractivity contribution in [3.05, 3.63) is 35.4 Å². The number of halogens is 2. The highest BCUT2D eigenvalue weighted by atomic mass is 19.1. The molecule has 3 N–H and O–H groups in total. The minimum absolute atomic E-state index is 0.164. The van der Waals surface area contributed by atoms with Crippen LogP contribution in [0, 0.1) is 11.6 Å². The number of nitrogens with one attached hydrogen (secondary N) is 1. The van der Waals surface area contributed by atoms with Gasteiger partial charge in [-0.2, -0.15) is 0 Å². The summed E-state index contributed by atoms with van der Waals surface area (Å²) in [5.41, 5.74) is 2.23. The summed E-state index contributed by atoms with van der Waals surface area (Å²) in [5, 5.41) is 0. The van der Waals surface area contributed by atoms with Crippen LogP contribution in [0.1, 0.15) is 32.4 Å². The van der Waals surface area contributed by atoms with Crippen molar-refractivity contribution < 1.29 is 13.5 Å². The Morgan fingerprint density at radius 3 is 2.53 bits per heavy atom. The van der Waals surface area contributed by atoms with Gasteiger partial charge >= 0.3 is 0 Å². The Hall–Kier alpha value is -1.04. The van der Waals surface area contributed by atoms with Gasteiger partial charge in [-0.05, 0) is 39.0 Å². The number of rotatable bonds is 4. The highest BCUT2D eigenvalue weighted by Crippen LogP contribution is 2.20. The Morgan fingerprint density at radius 2 is 2.00 bits per heavy atom. The molecule has 1 aromatic carbocycles. The topological polar surface area (TPSA) is 47.3 Å². The van der Waals surface area contributed by atoms with Gasteiger partial charge < -0.3 is 4.74 Å². The summed E-state index contributed by atoms with van der Waals surface area (Å²) in [7, 11) is 0. The summed E-state index contributed by atoms with van der Waals surface area (Å²) < 4.78 is 32.1. The van der Waals surface area contributed by atoms with Gasteiger partial charge in [0.05, 0.1) is 18.2 Å². The fraction of sp³-hybridized carbons (Fsp3) is 0.500. The van der Waals surface area contributed by atoms with E-state index in [-0.39, 0.29) is 17.8 Å². The molecule has 0 heterocycles. The van der Waals surface area contributed by atoms with E-state index < -0.39 is 17.7 Å². The van der Waals surface area contributed by atoms with Gasteiger partial charge in [-0.25, -0.2) is 8.78 Å². The zero-order valence-corrected chi connectivity index (χ0v) is 10.3. The van der Waals surface area contributed by atoms with E-state index >= 15 is 0 Å². The van der Waals surface area contributed by atoms with E-state index in [0.29, 0.717) is 0 Å². The van der Waals surface area contributed by atoms with Crippen LogP contribution in [-0.2, 0) is 4.74 Å². The molecule has 0 saturated heterocycles. The number of hydrogen-bond acceptors (Lipinski definition) is 3. The van der Waals surface area contributed by atoms with E-state index in [1.807, 2.05) is 20.8 Å². The number of ether oxygens (including phenoxy) is 1. The van der Waals surface area contributed by atoms with Gasteiger partial charge in [-0.3, -0.25) is 11.3 Å². The molecular weight excluding hydrogens is 226 g/mol. The van der Waals surface area contributed by atoms with E-state index in [2.05, 4.69) is 5.43 Å². The molecule has 0 aliphatic carbocycles. The van der Waals surface area contributed by atoms with Crippen LogP contribution in [0.25, 0.3) is 0 Å². The monoisotopic (exact) mass is 244 g/mol. The number of nitrogens with two attached hydrogens (primary N) is 1. The zero-order chi connectivity index (χ0) is 13.1. The van der Waals surface area contributed by atoms with E-state index in [9.17, 15) is 8.78 Å². The highest BCUT2D eigenvalue weighted by molar-refractivity contribution is 5.22. The van der Waals surface area contributed by atoms with Crippen molar-refractivity contribution in [2.75, 3.05) is 6.61 Å². The van der Waals surface area contributed by atoms with Crippen molar-refractivity contribution in [2.24, 2.45) is 5.84 Å². The molecule has 0 aromatic heterocycles. The van der Waals surface area contributed by atoms with Crippen molar-refractivity contribution in [2.45, 2.75) is 32.4 Å². The Labute approximate surface area is 99.9 Å². The van der Waals surface area contributed by atoms with Crippen LogP contribution in [0.3, 0.4) is 0 Å². The number of hydrazine groups is 1. The van der Waals surface area contributed by atoms with Crippen LogP contribution in [0.4, 0.5) is 8.78 Å². The lowest BCUT2D eigenvalue weighted by atomic mass is 10.1. The Morgan fingerprint density at radius 1 is 1.35 bits per heavy atom. The van der Waals surface area contributed by atoms with Crippen LogP contribution in [-0.4, -0.2) is 12.2 Å². The highest BCUT2D eigenvalue weighted by Gasteiger charge is 2.19. The van der Waals surface area contributed by atoms with E-state index in [1.165, 1.54) is 0 Å². The molecule has 0 spiro atoms. The molecule has 0 amide bonds. The van der Waals surface area contributed by atoms with Crippen molar-refractivity contribution in [3.8, 4) is 0 Å². The summed E-state index contributed by atoms with van der Waals surface area (Å²) in [6.07, 6.45) is 0. The molecule has 5 heteroatoms. The lowest BCUT2D eigenvalue weighted by Crippen LogP contribution is -2.34. The van der Waals surface area contributed by atoms with Crippen molar-refractivity contribution in [1.29, 1.82) is 0 Å². The summed E-state index contributed by atoms with van der Waals surface area (Å²) >= 11 is 0. The molecule has 0 radical (unpaired) electrons. The van der Waals surface area contributed by atoms with Crippen molar-refractivity contribution >= 4 is 0 Å². The molecule has 1 atom stereocenters. The van der Waals surface area contributed by atoms with Gasteiger partial charge in [0.2, 0.25) is 0 Å². The first-order chi connectivity index (χ1) is 7.83. The van der Waals surface area contributed by atoms with Gasteiger partial charge in [0.15, 0.2) is 0 Å². The van der Waals surface area contributed by atoms with Crippen molar-refractivity contribution in [1.82, 2.24) is 5.43 Å². The largest absolute Gasteiger partial charge is 0.374 e. The summed E-state index contributed by atoms with van der Waals surface area (Å²) in [5.74, 6) is 4.32. The Kier molecular flexibility index (Phi) is 4.56. The molecule has 1 rings (SSSR count). The first kappa shape index (κ1) is 14.0. The molecule has 0 fully saturated rings. The Balaban J connectivity index is 2.82. The third-order valence-electron chi connectivity index (χ3n) is 2.22. The zero-order valence-electron chi connectivity index (χ0n) is 10.3. The first-order valence-electron chi connectivity index (χ1n) is 5.38. The smallest absolute Gasteiger partial charge is 0.128 e. The molecule has 1 unspecified atom stereocenters. The number of hydrogen-bond donors (Lipinski definition) is 2.